The second-order valence-corrected chi connectivity index (χ2v) is 11.6. The number of aromatic nitrogens is 3. The third-order valence-electron chi connectivity index (χ3n) is 8.23. The number of likely N-dealkylation sites (N-methyl/N-ethyl adjacent to an activating group) is 1. The average Bonchev–Trinajstić information content (AvgIpc) is 3.39. The molecule has 4 heterocycles. The van der Waals surface area contributed by atoms with Gasteiger partial charge >= 0.3 is 0 Å². The topological polar surface area (TPSA) is 92.7 Å². The maximum atomic E-state index is 13.3. The minimum absolute atomic E-state index is 0.248. The molecule has 5 rings (SSSR count). The summed E-state index contributed by atoms with van der Waals surface area (Å²) >= 11 is 0. The Hall–Kier alpha value is -3.66. The summed E-state index contributed by atoms with van der Waals surface area (Å²) in [6.45, 7) is 16.1. The number of carbonyl (C=O) groups excluding carboxylic acids is 1. The SMILES string of the molecule is C=N/C=C(\C=C(/C)c1ccc2[nH]nc(C(=O)Nc3ccnc(CN4CCN(C)CC4)c3)c2c1)CN1CCC(C)CC1. The van der Waals surface area contributed by atoms with Gasteiger partial charge in [0.1, 0.15) is 0 Å². The van der Waals surface area contributed by atoms with Gasteiger partial charge in [0.25, 0.3) is 5.91 Å². The molecule has 2 saturated heterocycles. The van der Waals surface area contributed by atoms with Gasteiger partial charge in [-0.2, -0.15) is 5.10 Å². The van der Waals surface area contributed by atoms with Crippen LogP contribution in [-0.4, -0.2) is 95.4 Å². The number of aliphatic imine (C=N–C) groups is 1. The van der Waals surface area contributed by atoms with Crippen molar-refractivity contribution in [3.05, 3.63) is 71.3 Å². The van der Waals surface area contributed by atoms with Crippen LogP contribution in [-0.2, 0) is 6.54 Å². The molecule has 0 atom stereocenters. The summed E-state index contributed by atoms with van der Waals surface area (Å²) in [4.78, 5) is 29.1. The van der Waals surface area contributed by atoms with Crippen molar-refractivity contribution < 1.29 is 4.79 Å². The number of hydrogen-bond donors (Lipinski definition) is 2. The Bertz CT molecular complexity index is 1420. The number of likely N-dealkylation sites (tertiary alicyclic amines) is 1. The number of H-pyrrole nitrogens is 1. The smallest absolute Gasteiger partial charge is 0.276 e. The summed E-state index contributed by atoms with van der Waals surface area (Å²) in [7, 11) is 2.15. The number of piperazine rings is 1. The lowest BCUT2D eigenvalue weighted by molar-refractivity contribution is 0.102. The predicted octanol–water partition coefficient (Wildman–Crippen LogP) is 4.68. The first-order chi connectivity index (χ1) is 19.9. The number of piperidine rings is 1. The molecular formula is C32H42N8O. The van der Waals surface area contributed by atoms with Gasteiger partial charge in [0.2, 0.25) is 0 Å². The normalized spacial score (nSPS) is 18.6. The summed E-state index contributed by atoms with van der Waals surface area (Å²) in [5.41, 5.74) is 6.12. The third kappa shape index (κ3) is 7.55. The van der Waals surface area contributed by atoms with E-state index in [0.29, 0.717) is 5.69 Å². The largest absolute Gasteiger partial charge is 0.320 e. The van der Waals surface area contributed by atoms with Crippen molar-refractivity contribution in [1.29, 1.82) is 0 Å². The number of aromatic amines is 1. The first-order valence-electron chi connectivity index (χ1n) is 14.6. The van der Waals surface area contributed by atoms with Crippen LogP contribution in [0.4, 0.5) is 5.69 Å². The van der Waals surface area contributed by atoms with Crippen LogP contribution >= 0.6 is 0 Å². The number of fused-ring (bicyclic) bond motifs is 1. The lowest BCUT2D eigenvalue weighted by atomic mass is 9.98. The van der Waals surface area contributed by atoms with Crippen LogP contribution < -0.4 is 5.32 Å². The zero-order valence-corrected chi connectivity index (χ0v) is 24.6. The van der Waals surface area contributed by atoms with Crippen molar-refractivity contribution in [3.63, 3.8) is 0 Å². The van der Waals surface area contributed by atoms with Crippen LogP contribution in [0.1, 0.15) is 48.4 Å². The number of amides is 1. The van der Waals surface area contributed by atoms with Gasteiger partial charge in [-0.3, -0.25) is 29.7 Å². The highest BCUT2D eigenvalue weighted by Gasteiger charge is 2.19. The van der Waals surface area contributed by atoms with E-state index >= 15 is 0 Å². The lowest BCUT2D eigenvalue weighted by Crippen LogP contribution is -2.44. The predicted molar refractivity (Wildman–Crippen MR) is 167 cm³/mol. The van der Waals surface area contributed by atoms with Crippen molar-refractivity contribution in [2.75, 3.05) is 58.2 Å². The quantitative estimate of drug-likeness (QED) is 0.295. The van der Waals surface area contributed by atoms with Gasteiger partial charge < -0.3 is 10.2 Å². The summed E-state index contributed by atoms with van der Waals surface area (Å²) in [6, 6.07) is 9.85. The van der Waals surface area contributed by atoms with E-state index in [1.54, 1.807) is 6.20 Å². The molecule has 0 aliphatic carbocycles. The van der Waals surface area contributed by atoms with Crippen molar-refractivity contribution in [3.8, 4) is 0 Å². The molecule has 2 aromatic heterocycles. The minimum Gasteiger partial charge on any atom is -0.320 e. The van der Waals surface area contributed by atoms with Crippen LogP contribution in [0.25, 0.3) is 16.5 Å². The second-order valence-electron chi connectivity index (χ2n) is 11.6. The van der Waals surface area contributed by atoms with E-state index in [4.69, 9.17) is 0 Å². The van der Waals surface area contributed by atoms with Gasteiger partial charge in [0.15, 0.2) is 5.69 Å². The Balaban J connectivity index is 1.29. The zero-order valence-electron chi connectivity index (χ0n) is 24.6. The van der Waals surface area contributed by atoms with Gasteiger partial charge in [-0.1, -0.05) is 19.1 Å². The van der Waals surface area contributed by atoms with E-state index in [9.17, 15) is 4.79 Å². The molecule has 3 aromatic rings. The zero-order chi connectivity index (χ0) is 28.8. The Labute approximate surface area is 243 Å². The summed E-state index contributed by atoms with van der Waals surface area (Å²) in [5.74, 6) is 0.548. The van der Waals surface area contributed by atoms with Crippen LogP contribution in [0.5, 0.6) is 0 Å². The summed E-state index contributed by atoms with van der Waals surface area (Å²) < 4.78 is 0. The Kier molecular flexibility index (Phi) is 9.38. The van der Waals surface area contributed by atoms with Crippen LogP contribution in [0.3, 0.4) is 0 Å². The minimum atomic E-state index is -0.248. The van der Waals surface area contributed by atoms with Crippen molar-refractivity contribution >= 4 is 34.8 Å². The molecule has 9 nitrogen and oxygen atoms in total. The molecule has 0 spiro atoms. The Morgan fingerprint density at radius 3 is 2.66 bits per heavy atom. The van der Waals surface area contributed by atoms with E-state index in [1.165, 1.54) is 12.8 Å². The van der Waals surface area contributed by atoms with Gasteiger partial charge in [-0.05, 0) is 93.5 Å². The fourth-order valence-electron chi connectivity index (χ4n) is 5.58. The molecule has 1 amide bonds. The van der Waals surface area contributed by atoms with Crippen molar-refractivity contribution in [1.82, 2.24) is 29.9 Å². The highest BCUT2D eigenvalue weighted by molar-refractivity contribution is 6.11. The molecule has 0 unspecified atom stereocenters. The van der Waals surface area contributed by atoms with E-state index in [0.717, 1.165) is 97.3 Å². The maximum absolute atomic E-state index is 13.3. The molecule has 41 heavy (non-hydrogen) atoms. The van der Waals surface area contributed by atoms with Gasteiger partial charge in [-0.15, -0.1) is 0 Å². The highest BCUT2D eigenvalue weighted by atomic mass is 16.1. The van der Waals surface area contributed by atoms with Gasteiger partial charge in [0.05, 0.1) is 11.2 Å². The molecule has 0 bridgehead atoms. The summed E-state index contributed by atoms with van der Waals surface area (Å²) in [6.07, 6.45) is 8.24. The Morgan fingerprint density at radius 1 is 1.12 bits per heavy atom. The number of nitrogens with one attached hydrogen (secondary N) is 2. The fourth-order valence-corrected chi connectivity index (χ4v) is 5.58. The third-order valence-corrected chi connectivity index (χ3v) is 8.23. The van der Waals surface area contributed by atoms with E-state index in [2.05, 4.69) is 79.9 Å². The van der Waals surface area contributed by atoms with Crippen LogP contribution in [0.2, 0.25) is 0 Å². The number of anilines is 1. The second kappa shape index (κ2) is 13.3. The monoisotopic (exact) mass is 554 g/mol. The number of carbonyl (C=O) groups is 1. The average molecular weight is 555 g/mol. The van der Waals surface area contributed by atoms with Crippen molar-refractivity contribution in [2.45, 2.75) is 33.2 Å². The van der Waals surface area contributed by atoms with Crippen molar-refractivity contribution in [2.24, 2.45) is 10.9 Å². The molecule has 2 aliphatic heterocycles. The number of nitrogens with zero attached hydrogens (tertiary/aromatic N) is 6. The van der Waals surface area contributed by atoms with E-state index < -0.39 is 0 Å². The Morgan fingerprint density at radius 2 is 1.90 bits per heavy atom. The first-order valence-corrected chi connectivity index (χ1v) is 14.6. The number of hydrogen-bond acceptors (Lipinski definition) is 7. The van der Waals surface area contributed by atoms with E-state index in [-0.39, 0.29) is 5.91 Å². The number of benzene rings is 1. The molecule has 2 N–H and O–H groups in total. The molecule has 216 valence electrons. The van der Waals surface area contributed by atoms with Crippen LogP contribution in [0.15, 0.2) is 59.4 Å². The van der Waals surface area contributed by atoms with Crippen LogP contribution in [0, 0.1) is 5.92 Å². The highest BCUT2D eigenvalue weighted by Crippen LogP contribution is 2.25. The first kappa shape index (κ1) is 28.9. The number of rotatable bonds is 9. The maximum Gasteiger partial charge on any atom is 0.276 e. The molecule has 0 saturated carbocycles. The van der Waals surface area contributed by atoms with Gasteiger partial charge in [-0.25, -0.2) is 0 Å². The number of pyridine rings is 1. The van der Waals surface area contributed by atoms with E-state index in [1.807, 2.05) is 30.5 Å². The lowest BCUT2D eigenvalue weighted by Gasteiger charge is -2.32. The molecule has 1 aromatic carbocycles. The standard InChI is InChI=1S/C32H42N8O/c1-23-8-11-39(12-9-23)21-25(20-33-3)17-24(2)26-5-6-30-29(18-26)31(37-36-30)32(41)35-27-7-10-34-28(19-27)22-40-15-13-38(4)14-16-40/h5-7,10,17-20,23H,3,8-9,11-16,21-22H2,1-2,4H3,(H,36,37)(H,34,35,41)/b24-17+,25-20+. The fraction of sp³-hybridized carbons (Fsp3) is 0.438. The molecule has 2 fully saturated rings. The molecule has 0 radical (unpaired) electrons. The molecule has 2 aliphatic rings. The molecular weight excluding hydrogens is 512 g/mol. The van der Waals surface area contributed by atoms with Gasteiger partial charge in [0, 0.05) is 62.7 Å². The summed E-state index contributed by atoms with van der Waals surface area (Å²) in [5, 5.41) is 11.2. The number of allylic oxidation sites excluding steroid dienone is 1. The molecule has 9 heteroatoms.